The average Bonchev–Trinajstić information content (AvgIpc) is 3.46. The fraction of sp³-hybridized carbons (Fsp3) is 0.143. The fourth-order valence-corrected chi connectivity index (χ4v) is 3.77. The van der Waals surface area contributed by atoms with Crippen LogP contribution in [0.25, 0.3) is 11.4 Å². The Morgan fingerprint density at radius 1 is 1.16 bits per heavy atom. The molecule has 0 spiro atoms. The van der Waals surface area contributed by atoms with E-state index in [4.69, 9.17) is 16.3 Å². The maximum absolute atomic E-state index is 12.3. The molecule has 2 heterocycles. The number of rotatable bonds is 8. The Morgan fingerprint density at radius 2 is 2.00 bits per heavy atom. The first-order chi connectivity index (χ1) is 15.1. The lowest BCUT2D eigenvalue weighted by molar-refractivity contribution is -0.118. The van der Waals surface area contributed by atoms with Gasteiger partial charge in [0, 0.05) is 11.2 Å². The molecule has 1 N–H and O–H groups in total. The van der Waals surface area contributed by atoms with E-state index in [2.05, 4.69) is 20.6 Å². The van der Waals surface area contributed by atoms with Crippen LogP contribution >= 0.6 is 23.4 Å². The molecular formula is C21H19ClN6O2S. The van der Waals surface area contributed by atoms with Gasteiger partial charge in [0.25, 0.3) is 0 Å². The van der Waals surface area contributed by atoms with Crippen LogP contribution in [0.1, 0.15) is 5.69 Å². The number of thioether (sulfide) groups is 1. The molecule has 0 bridgehead atoms. The van der Waals surface area contributed by atoms with Gasteiger partial charge < -0.3 is 10.1 Å². The highest BCUT2D eigenvalue weighted by molar-refractivity contribution is 7.99. The average molecular weight is 455 g/mol. The molecule has 2 aromatic heterocycles. The van der Waals surface area contributed by atoms with E-state index in [0.29, 0.717) is 16.7 Å². The fourth-order valence-electron chi connectivity index (χ4n) is 2.83. The number of amides is 1. The number of carbonyl (C=O) groups excluding carboxylic acids is 1. The largest absolute Gasteiger partial charge is 0.497 e. The van der Waals surface area contributed by atoms with Gasteiger partial charge >= 0.3 is 0 Å². The van der Waals surface area contributed by atoms with Gasteiger partial charge in [0.1, 0.15) is 12.1 Å². The lowest BCUT2D eigenvalue weighted by Crippen LogP contribution is -2.25. The molecule has 2 aromatic carbocycles. The van der Waals surface area contributed by atoms with E-state index >= 15 is 0 Å². The van der Waals surface area contributed by atoms with Crippen LogP contribution in [-0.2, 0) is 11.3 Å². The molecule has 0 radical (unpaired) electrons. The standard InChI is InChI=1S/C21H19ClN6O2S/c1-30-19-7-5-17(6-8-19)28-10-9-16(26-28)12-23-20(29)13-31-21-25-24-14-27(21)18-4-2-3-15(22)11-18/h2-11,14H,12-13H2,1H3,(H,23,29). The van der Waals surface area contributed by atoms with Crippen molar-refractivity contribution < 1.29 is 9.53 Å². The summed E-state index contributed by atoms with van der Waals surface area (Å²) >= 11 is 7.36. The van der Waals surface area contributed by atoms with Crippen LogP contribution < -0.4 is 10.1 Å². The molecule has 0 atom stereocenters. The van der Waals surface area contributed by atoms with E-state index in [-0.39, 0.29) is 11.7 Å². The van der Waals surface area contributed by atoms with Crippen molar-refractivity contribution in [3.63, 3.8) is 0 Å². The van der Waals surface area contributed by atoms with Gasteiger partial charge in [0.2, 0.25) is 5.91 Å². The van der Waals surface area contributed by atoms with Gasteiger partial charge in [-0.25, -0.2) is 4.68 Å². The Balaban J connectivity index is 1.31. The molecule has 10 heteroatoms. The molecule has 1 amide bonds. The first kappa shape index (κ1) is 21.0. The number of hydrogen-bond acceptors (Lipinski definition) is 6. The van der Waals surface area contributed by atoms with Crippen LogP contribution in [0, 0.1) is 0 Å². The topological polar surface area (TPSA) is 86.9 Å². The van der Waals surface area contributed by atoms with Crippen molar-refractivity contribution >= 4 is 29.3 Å². The number of hydrogen-bond donors (Lipinski definition) is 1. The second-order valence-corrected chi connectivity index (χ2v) is 7.86. The molecule has 0 saturated carbocycles. The van der Waals surface area contributed by atoms with Gasteiger partial charge in [-0.1, -0.05) is 29.4 Å². The number of nitrogens with one attached hydrogen (secondary N) is 1. The van der Waals surface area contributed by atoms with E-state index in [1.165, 1.54) is 11.8 Å². The summed E-state index contributed by atoms with van der Waals surface area (Å²) in [6.45, 7) is 0.337. The normalized spacial score (nSPS) is 10.8. The number of aromatic nitrogens is 5. The summed E-state index contributed by atoms with van der Waals surface area (Å²) in [5, 5.41) is 16.6. The lowest BCUT2D eigenvalue weighted by atomic mass is 10.3. The van der Waals surface area contributed by atoms with E-state index in [1.54, 1.807) is 28.8 Å². The number of methoxy groups -OCH3 is 1. The van der Waals surface area contributed by atoms with Crippen molar-refractivity contribution in [1.29, 1.82) is 0 Å². The predicted octanol–water partition coefficient (Wildman–Crippen LogP) is 3.52. The van der Waals surface area contributed by atoms with Crippen LogP contribution in [0.5, 0.6) is 5.75 Å². The van der Waals surface area contributed by atoms with Crippen molar-refractivity contribution in [3.05, 3.63) is 77.8 Å². The summed E-state index contributed by atoms with van der Waals surface area (Å²) < 4.78 is 8.71. The van der Waals surface area contributed by atoms with Gasteiger partial charge in [-0.2, -0.15) is 5.10 Å². The molecule has 31 heavy (non-hydrogen) atoms. The molecule has 0 aliphatic heterocycles. The van der Waals surface area contributed by atoms with Gasteiger partial charge in [0.15, 0.2) is 5.16 Å². The van der Waals surface area contributed by atoms with Crippen LogP contribution in [0.4, 0.5) is 0 Å². The second kappa shape index (κ2) is 9.67. The predicted molar refractivity (Wildman–Crippen MR) is 119 cm³/mol. The highest BCUT2D eigenvalue weighted by Crippen LogP contribution is 2.21. The quantitative estimate of drug-likeness (QED) is 0.410. The van der Waals surface area contributed by atoms with Gasteiger partial charge in [-0.3, -0.25) is 9.36 Å². The number of halogens is 1. The summed E-state index contributed by atoms with van der Waals surface area (Å²) in [5.41, 5.74) is 2.51. The van der Waals surface area contributed by atoms with Gasteiger partial charge in [0.05, 0.1) is 36.5 Å². The second-order valence-electron chi connectivity index (χ2n) is 6.48. The Hall–Kier alpha value is -3.30. The van der Waals surface area contributed by atoms with Crippen LogP contribution in [0.2, 0.25) is 5.02 Å². The summed E-state index contributed by atoms with van der Waals surface area (Å²) in [7, 11) is 1.63. The number of carbonyl (C=O) groups is 1. The highest BCUT2D eigenvalue weighted by atomic mass is 35.5. The van der Waals surface area contributed by atoms with Crippen molar-refractivity contribution in [2.45, 2.75) is 11.7 Å². The zero-order chi connectivity index (χ0) is 21.6. The molecule has 8 nitrogen and oxygen atoms in total. The molecule has 4 rings (SSSR count). The maximum Gasteiger partial charge on any atom is 0.230 e. The molecule has 0 saturated heterocycles. The number of nitrogens with zero attached hydrogens (tertiary/aromatic N) is 5. The minimum Gasteiger partial charge on any atom is -0.497 e. The lowest BCUT2D eigenvalue weighted by Gasteiger charge is -2.07. The van der Waals surface area contributed by atoms with Crippen LogP contribution in [0.3, 0.4) is 0 Å². The smallest absolute Gasteiger partial charge is 0.230 e. The van der Waals surface area contributed by atoms with Crippen molar-refractivity contribution in [3.8, 4) is 17.1 Å². The molecule has 0 unspecified atom stereocenters. The van der Waals surface area contributed by atoms with Crippen LogP contribution in [-0.4, -0.2) is 43.3 Å². The number of benzene rings is 2. The summed E-state index contributed by atoms with van der Waals surface area (Å²) in [6.07, 6.45) is 3.45. The van der Waals surface area contributed by atoms with E-state index in [0.717, 1.165) is 22.8 Å². The minimum atomic E-state index is -0.121. The SMILES string of the molecule is COc1ccc(-n2ccc(CNC(=O)CSc3nncn3-c3cccc(Cl)c3)n2)cc1. The summed E-state index contributed by atoms with van der Waals surface area (Å²) in [5.74, 6) is 0.870. The Labute approximate surface area is 188 Å². The summed E-state index contributed by atoms with van der Waals surface area (Å²) in [4.78, 5) is 12.3. The monoisotopic (exact) mass is 454 g/mol. The third kappa shape index (κ3) is 5.25. The molecule has 4 aromatic rings. The van der Waals surface area contributed by atoms with Gasteiger partial charge in [-0.15, -0.1) is 10.2 Å². The third-order valence-electron chi connectivity index (χ3n) is 4.38. The van der Waals surface area contributed by atoms with E-state index in [1.807, 2.05) is 54.7 Å². The Bertz CT molecular complexity index is 1170. The molecule has 0 aliphatic rings. The molecule has 0 fully saturated rings. The number of ether oxygens (including phenoxy) is 1. The van der Waals surface area contributed by atoms with Crippen molar-refractivity contribution in [2.75, 3.05) is 12.9 Å². The zero-order valence-electron chi connectivity index (χ0n) is 16.6. The zero-order valence-corrected chi connectivity index (χ0v) is 18.2. The van der Waals surface area contributed by atoms with Gasteiger partial charge in [-0.05, 0) is 48.5 Å². The molecule has 158 valence electrons. The Kier molecular flexibility index (Phi) is 6.54. The van der Waals surface area contributed by atoms with E-state index < -0.39 is 0 Å². The first-order valence-corrected chi connectivity index (χ1v) is 10.7. The van der Waals surface area contributed by atoms with E-state index in [9.17, 15) is 4.79 Å². The molecular weight excluding hydrogens is 436 g/mol. The van der Waals surface area contributed by atoms with Crippen molar-refractivity contribution in [1.82, 2.24) is 29.9 Å². The van der Waals surface area contributed by atoms with Crippen molar-refractivity contribution in [2.24, 2.45) is 0 Å². The van der Waals surface area contributed by atoms with Crippen LogP contribution in [0.15, 0.2) is 72.3 Å². The molecule has 0 aliphatic carbocycles. The maximum atomic E-state index is 12.3. The minimum absolute atomic E-state index is 0.121. The Morgan fingerprint density at radius 3 is 2.77 bits per heavy atom. The first-order valence-electron chi connectivity index (χ1n) is 9.37. The third-order valence-corrected chi connectivity index (χ3v) is 5.56. The highest BCUT2D eigenvalue weighted by Gasteiger charge is 2.11. The summed E-state index contributed by atoms with van der Waals surface area (Å²) in [6, 6.07) is 16.8.